The highest BCUT2D eigenvalue weighted by Gasteiger charge is 2.21. The molecule has 0 saturated heterocycles. The fourth-order valence-electron chi connectivity index (χ4n) is 3.44. The first-order chi connectivity index (χ1) is 15.9. The average Bonchev–Trinajstić information content (AvgIpc) is 3.13. The largest absolute Gasteiger partial charge is 0.466 e. The molecule has 0 bridgehead atoms. The molecule has 0 aliphatic rings. The van der Waals surface area contributed by atoms with Gasteiger partial charge in [0.1, 0.15) is 0 Å². The summed E-state index contributed by atoms with van der Waals surface area (Å²) in [5.41, 5.74) is 14.2. The van der Waals surface area contributed by atoms with Crippen LogP contribution < -0.4 is 16.8 Å². The summed E-state index contributed by atoms with van der Waals surface area (Å²) in [7, 11) is 0. The van der Waals surface area contributed by atoms with Crippen LogP contribution in [-0.2, 0) is 14.3 Å². The van der Waals surface area contributed by atoms with Crippen LogP contribution in [0, 0.1) is 6.92 Å². The number of hydrogen-bond donors (Lipinski definition) is 3. The number of hydrogen-bond acceptors (Lipinski definition) is 6. The number of carbonyl (C=O) groups excluding carboxylic acids is 2. The van der Waals surface area contributed by atoms with Gasteiger partial charge >= 0.3 is 5.97 Å². The standard InChI is InChI=1S/C24H27N5O3S/c1-3-32-21(31)14-18(16-8-5-4-6-9-16)13-20(30)28-19-11-7-10-17(12-19)22-15(2)27-24(33-22)29-23(25)26/h4-12,18H,3,13-14H2,1-2H3,(H,28,30)(H4,25,26,27,29). The third kappa shape index (κ3) is 6.88. The van der Waals surface area contributed by atoms with Gasteiger partial charge in [0.15, 0.2) is 5.96 Å². The van der Waals surface area contributed by atoms with Crippen LogP contribution >= 0.6 is 11.3 Å². The number of carbonyl (C=O) groups is 2. The molecule has 3 rings (SSSR count). The molecule has 172 valence electrons. The lowest BCUT2D eigenvalue weighted by Crippen LogP contribution is -2.21. The second-order valence-electron chi connectivity index (χ2n) is 7.40. The van der Waals surface area contributed by atoms with Crippen molar-refractivity contribution in [2.24, 2.45) is 16.5 Å². The van der Waals surface area contributed by atoms with Gasteiger partial charge in [0.05, 0.1) is 23.6 Å². The predicted octanol–water partition coefficient (Wildman–Crippen LogP) is 4.09. The minimum absolute atomic E-state index is 0.0490. The minimum atomic E-state index is -0.321. The Balaban J connectivity index is 1.75. The Bertz CT molecular complexity index is 1140. The van der Waals surface area contributed by atoms with E-state index >= 15 is 0 Å². The van der Waals surface area contributed by atoms with Crippen molar-refractivity contribution < 1.29 is 14.3 Å². The smallest absolute Gasteiger partial charge is 0.306 e. The number of thiazole rings is 1. The van der Waals surface area contributed by atoms with Crippen LogP contribution in [0.2, 0.25) is 0 Å². The van der Waals surface area contributed by atoms with Gasteiger partial charge in [0.2, 0.25) is 11.0 Å². The Hall–Kier alpha value is -3.72. The van der Waals surface area contributed by atoms with Gasteiger partial charge < -0.3 is 21.5 Å². The van der Waals surface area contributed by atoms with Gasteiger partial charge in [0.25, 0.3) is 0 Å². The van der Waals surface area contributed by atoms with Gasteiger partial charge in [-0.2, -0.15) is 4.99 Å². The molecule has 1 heterocycles. The molecule has 0 aliphatic heterocycles. The van der Waals surface area contributed by atoms with Crippen LogP contribution in [0.3, 0.4) is 0 Å². The number of anilines is 1. The number of esters is 1. The molecule has 0 fully saturated rings. The average molecular weight is 466 g/mol. The quantitative estimate of drug-likeness (QED) is 0.248. The van der Waals surface area contributed by atoms with Crippen molar-refractivity contribution in [2.75, 3.05) is 11.9 Å². The molecule has 3 aromatic rings. The number of benzene rings is 2. The van der Waals surface area contributed by atoms with Crippen molar-refractivity contribution in [3.63, 3.8) is 0 Å². The summed E-state index contributed by atoms with van der Waals surface area (Å²) in [6.07, 6.45) is 0.292. The lowest BCUT2D eigenvalue weighted by Gasteiger charge is -2.16. The third-order valence-electron chi connectivity index (χ3n) is 4.84. The van der Waals surface area contributed by atoms with Crippen LogP contribution in [0.1, 0.15) is 36.9 Å². The maximum atomic E-state index is 12.9. The van der Waals surface area contributed by atoms with Crippen LogP contribution in [0.4, 0.5) is 10.8 Å². The Morgan fingerprint density at radius 3 is 2.58 bits per heavy atom. The third-order valence-corrected chi connectivity index (χ3v) is 5.94. The minimum Gasteiger partial charge on any atom is -0.466 e. The highest BCUT2D eigenvalue weighted by atomic mass is 32.1. The molecule has 1 atom stereocenters. The van der Waals surface area contributed by atoms with Crippen molar-refractivity contribution in [1.29, 1.82) is 0 Å². The van der Waals surface area contributed by atoms with E-state index < -0.39 is 0 Å². The number of aryl methyl sites for hydroxylation is 1. The van der Waals surface area contributed by atoms with Crippen molar-refractivity contribution >= 4 is 40.0 Å². The number of aromatic nitrogens is 1. The van der Waals surface area contributed by atoms with Gasteiger partial charge in [-0.3, -0.25) is 9.59 Å². The first-order valence-corrected chi connectivity index (χ1v) is 11.3. The van der Waals surface area contributed by atoms with E-state index in [0.717, 1.165) is 21.7 Å². The van der Waals surface area contributed by atoms with E-state index in [4.69, 9.17) is 16.2 Å². The monoisotopic (exact) mass is 465 g/mol. The van der Waals surface area contributed by atoms with Crippen LogP contribution in [0.15, 0.2) is 59.6 Å². The van der Waals surface area contributed by atoms with E-state index in [9.17, 15) is 9.59 Å². The van der Waals surface area contributed by atoms with E-state index in [1.807, 2.05) is 61.5 Å². The highest BCUT2D eigenvalue weighted by molar-refractivity contribution is 7.18. The molecule has 1 amide bonds. The second-order valence-corrected chi connectivity index (χ2v) is 8.38. The van der Waals surface area contributed by atoms with E-state index in [2.05, 4.69) is 15.3 Å². The molecular weight excluding hydrogens is 438 g/mol. The van der Waals surface area contributed by atoms with Gasteiger partial charge in [-0.15, -0.1) is 0 Å². The summed E-state index contributed by atoms with van der Waals surface area (Å²) in [6, 6.07) is 17.0. The fourth-order valence-corrected chi connectivity index (χ4v) is 4.39. The summed E-state index contributed by atoms with van der Waals surface area (Å²) >= 11 is 1.37. The van der Waals surface area contributed by atoms with Gasteiger partial charge in [-0.25, -0.2) is 4.98 Å². The summed E-state index contributed by atoms with van der Waals surface area (Å²) < 4.78 is 5.10. The normalized spacial score (nSPS) is 11.5. The number of nitrogens with two attached hydrogens (primary N) is 2. The Labute approximate surface area is 196 Å². The number of rotatable bonds is 9. The summed E-state index contributed by atoms with van der Waals surface area (Å²) in [5, 5.41) is 3.42. The number of ether oxygens (including phenoxy) is 1. The van der Waals surface area contributed by atoms with Gasteiger partial charge in [0, 0.05) is 18.0 Å². The molecule has 2 aromatic carbocycles. The maximum Gasteiger partial charge on any atom is 0.306 e. The molecule has 0 radical (unpaired) electrons. The van der Waals surface area contributed by atoms with Crippen LogP contribution in [-0.4, -0.2) is 29.4 Å². The zero-order valence-corrected chi connectivity index (χ0v) is 19.4. The number of amides is 1. The van der Waals surface area contributed by atoms with Crippen molar-refractivity contribution in [3.8, 4) is 10.4 Å². The zero-order valence-electron chi connectivity index (χ0n) is 18.6. The Morgan fingerprint density at radius 2 is 1.88 bits per heavy atom. The van der Waals surface area contributed by atoms with E-state index in [1.54, 1.807) is 6.92 Å². The van der Waals surface area contributed by atoms with E-state index in [0.29, 0.717) is 17.4 Å². The Morgan fingerprint density at radius 1 is 1.12 bits per heavy atom. The zero-order chi connectivity index (χ0) is 23.8. The van der Waals surface area contributed by atoms with Gasteiger partial charge in [-0.1, -0.05) is 53.8 Å². The number of nitrogens with one attached hydrogen (secondary N) is 1. The molecule has 0 aliphatic carbocycles. The molecule has 33 heavy (non-hydrogen) atoms. The number of aliphatic imine (C=N–C) groups is 1. The lowest BCUT2D eigenvalue weighted by molar-refractivity contribution is -0.143. The first kappa shape index (κ1) is 23.9. The Kier molecular flexibility index (Phi) is 8.15. The van der Waals surface area contributed by atoms with Gasteiger partial charge in [-0.05, 0) is 37.1 Å². The highest BCUT2D eigenvalue weighted by Crippen LogP contribution is 2.35. The molecule has 1 unspecified atom stereocenters. The van der Waals surface area contributed by atoms with Crippen LogP contribution in [0.25, 0.3) is 10.4 Å². The predicted molar refractivity (Wildman–Crippen MR) is 131 cm³/mol. The number of guanidine groups is 1. The first-order valence-electron chi connectivity index (χ1n) is 10.5. The van der Waals surface area contributed by atoms with Crippen molar-refractivity contribution in [3.05, 3.63) is 65.9 Å². The molecule has 9 heteroatoms. The van der Waals surface area contributed by atoms with Crippen molar-refractivity contribution in [1.82, 2.24) is 4.98 Å². The van der Waals surface area contributed by atoms with Crippen LogP contribution in [0.5, 0.6) is 0 Å². The summed E-state index contributed by atoms with van der Waals surface area (Å²) in [4.78, 5) is 34.2. The fraction of sp³-hybridized carbons (Fsp3) is 0.250. The second kappa shape index (κ2) is 11.2. The van der Waals surface area contributed by atoms with E-state index in [1.165, 1.54) is 11.3 Å². The summed E-state index contributed by atoms with van der Waals surface area (Å²) in [6.45, 7) is 3.95. The SMILES string of the molecule is CCOC(=O)CC(CC(=O)Nc1cccc(-c2sc(N=C(N)N)nc2C)c1)c1ccccc1. The molecule has 5 N–H and O–H groups in total. The van der Waals surface area contributed by atoms with E-state index in [-0.39, 0.29) is 36.6 Å². The molecule has 0 saturated carbocycles. The molecule has 0 spiro atoms. The molecule has 1 aromatic heterocycles. The topological polar surface area (TPSA) is 133 Å². The molecule has 8 nitrogen and oxygen atoms in total. The molecular formula is C24H27N5O3S. The van der Waals surface area contributed by atoms with Crippen molar-refractivity contribution in [2.45, 2.75) is 32.6 Å². The lowest BCUT2D eigenvalue weighted by atomic mass is 9.92. The number of nitrogens with zero attached hydrogens (tertiary/aromatic N) is 2. The maximum absolute atomic E-state index is 12.9. The summed E-state index contributed by atoms with van der Waals surface area (Å²) in [5.74, 6) is -0.836.